The predicted molar refractivity (Wildman–Crippen MR) is 125 cm³/mol. The Balaban J connectivity index is 1.84. The van der Waals surface area contributed by atoms with E-state index in [0.717, 1.165) is 32.4 Å². The van der Waals surface area contributed by atoms with Crippen LogP contribution in [0.5, 0.6) is 0 Å². The fraction of sp³-hybridized carbons (Fsp3) is 0.300. The predicted octanol–water partition coefficient (Wildman–Crippen LogP) is 2.91. The zero-order chi connectivity index (χ0) is 21.7. The Labute approximate surface area is 186 Å². The Hall–Kier alpha value is -2.30. The van der Waals surface area contributed by atoms with E-state index in [1.165, 1.54) is 23.1 Å². The molecule has 10 heteroatoms. The molecule has 0 spiro atoms. The van der Waals surface area contributed by atoms with Crippen molar-refractivity contribution in [2.75, 3.05) is 16.9 Å². The second-order valence-electron chi connectivity index (χ2n) is 6.47. The minimum atomic E-state index is -0.526. The quantitative estimate of drug-likeness (QED) is 0.374. The monoisotopic (exact) mass is 462 g/mol. The number of aryl methyl sites for hydroxylation is 2. The fourth-order valence-electron chi connectivity index (χ4n) is 2.95. The van der Waals surface area contributed by atoms with E-state index in [4.69, 9.17) is 5.73 Å². The zero-order valence-electron chi connectivity index (χ0n) is 16.6. The molecule has 0 bridgehead atoms. The minimum Gasteiger partial charge on any atom is -0.369 e. The smallest absolute Gasteiger partial charge is 0.282 e. The number of carbonyl (C=O) groups excluding carboxylic acids is 2. The number of nitrogens with two attached hydrogens (primary N) is 1. The number of hydrogen-bond acceptors (Lipinski definition) is 7. The maximum Gasteiger partial charge on any atom is 0.282 e. The van der Waals surface area contributed by atoms with Crippen LogP contribution in [0.25, 0.3) is 10.2 Å². The van der Waals surface area contributed by atoms with Crippen molar-refractivity contribution in [2.24, 2.45) is 5.73 Å². The van der Waals surface area contributed by atoms with Gasteiger partial charge >= 0.3 is 0 Å². The van der Waals surface area contributed by atoms with E-state index >= 15 is 0 Å². The average molecular weight is 463 g/mol. The van der Waals surface area contributed by atoms with Crippen molar-refractivity contribution in [3.8, 4) is 0 Å². The van der Waals surface area contributed by atoms with Gasteiger partial charge in [-0.15, -0.1) is 23.1 Å². The molecule has 0 unspecified atom stereocenters. The van der Waals surface area contributed by atoms with Crippen LogP contribution in [0.3, 0.4) is 0 Å². The summed E-state index contributed by atoms with van der Waals surface area (Å²) >= 11 is 3.92. The van der Waals surface area contributed by atoms with Crippen LogP contribution in [0, 0.1) is 6.92 Å². The maximum atomic E-state index is 13.2. The third-order valence-electron chi connectivity index (χ3n) is 4.27. The van der Waals surface area contributed by atoms with Gasteiger partial charge in [0.1, 0.15) is 4.83 Å². The fourth-order valence-corrected chi connectivity index (χ4v) is 5.57. The topological polar surface area (TPSA) is 107 Å². The molecule has 0 saturated heterocycles. The second kappa shape index (κ2) is 10.1. The van der Waals surface area contributed by atoms with Gasteiger partial charge in [0.25, 0.3) is 5.56 Å². The molecule has 3 rings (SSSR count). The number of fused-ring (bicyclic) bond motifs is 1. The summed E-state index contributed by atoms with van der Waals surface area (Å²) in [6.45, 7) is 3.93. The number of rotatable bonds is 9. The van der Waals surface area contributed by atoms with Crippen LogP contribution in [-0.4, -0.2) is 33.0 Å². The first-order chi connectivity index (χ1) is 14.4. The van der Waals surface area contributed by atoms with E-state index in [0.29, 0.717) is 22.4 Å². The number of amides is 2. The number of primary amides is 1. The van der Waals surface area contributed by atoms with Gasteiger partial charge in [-0.2, -0.15) is 4.68 Å². The summed E-state index contributed by atoms with van der Waals surface area (Å²) in [7, 11) is 0. The lowest BCUT2D eigenvalue weighted by atomic mass is 10.1. The van der Waals surface area contributed by atoms with Gasteiger partial charge in [0.15, 0.2) is 5.16 Å². The Morgan fingerprint density at radius 1 is 1.23 bits per heavy atom. The van der Waals surface area contributed by atoms with Crippen LogP contribution in [0.1, 0.15) is 22.9 Å². The molecule has 7 nitrogen and oxygen atoms in total. The molecule has 0 atom stereocenters. The molecule has 0 radical (unpaired) electrons. The third kappa shape index (κ3) is 5.24. The molecule has 30 heavy (non-hydrogen) atoms. The van der Waals surface area contributed by atoms with E-state index in [1.807, 2.05) is 44.2 Å². The van der Waals surface area contributed by atoms with Crippen molar-refractivity contribution in [2.45, 2.75) is 31.2 Å². The highest BCUT2D eigenvalue weighted by atomic mass is 32.2. The van der Waals surface area contributed by atoms with E-state index in [9.17, 15) is 14.4 Å². The summed E-state index contributed by atoms with van der Waals surface area (Å²) in [5.41, 5.74) is 9.62. The molecule has 0 aliphatic heterocycles. The number of thioether (sulfide) groups is 2. The first-order valence-corrected chi connectivity index (χ1v) is 12.2. The first-order valence-electron chi connectivity index (χ1n) is 9.28. The standard InChI is InChI=1S/C20H22N4O3S3/c1-3-14-12(2)30-18-17(14)19(27)24(20(22-18)29-10-15(21)25)23-16(26)11-28-9-13-7-5-4-6-8-13/h4-8H,3,9-11H2,1-2H3,(H2,21,25)(H,23,26). The second-order valence-corrected chi connectivity index (χ2v) is 9.61. The largest absolute Gasteiger partial charge is 0.369 e. The number of aromatic nitrogens is 2. The minimum absolute atomic E-state index is 0.0401. The normalized spacial score (nSPS) is 11.0. The number of hydrogen-bond donors (Lipinski definition) is 2. The van der Waals surface area contributed by atoms with Gasteiger partial charge in [0.2, 0.25) is 11.8 Å². The van der Waals surface area contributed by atoms with E-state index in [1.54, 1.807) is 0 Å². The number of nitrogens with zero attached hydrogens (tertiary/aromatic N) is 2. The van der Waals surface area contributed by atoms with Crippen LogP contribution in [0.15, 0.2) is 40.3 Å². The maximum absolute atomic E-state index is 13.2. The molecule has 2 aromatic heterocycles. The number of benzene rings is 1. The highest BCUT2D eigenvalue weighted by molar-refractivity contribution is 7.99. The first kappa shape index (κ1) is 22.4. The van der Waals surface area contributed by atoms with Crippen molar-refractivity contribution in [1.29, 1.82) is 0 Å². The summed E-state index contributed by atoms with van der Waals surface area (Å²) in [6.07, 6.45) is 0.692. The van der Waals surface area contributed by atoms with Gasteiger partial charge in [-0.25, -0.2) is 4.98 Å². The van der Waals surface area contributed by atoms with Crippen LogP contribution in [0.4, 0.5) is 0 Å². The molecule has 2 heterocycles. The van der Waals surface area contributed by atoms with Gasteiger partial charge in [-0.1, -0.05) is 49.0 Å². The highest BCUT2D eigenvalue weighted by Crippen LogP contribution is 2.29. The lowest BCUT2D eigenvalue weighted by molar-refractivity contribution is -0.116. The lowest BCUT2D eigenvalue weighted by Gasteiger charge is -2.13. The van der Waals surface area contributed by atoms with Crippen molar-refractivity contribution >= 4 is 56.9 Å². The summed E-state index contributed by atoms with van der Waals surface area (Å²) in [5.74, 6) is -0.00946. The van der Waals surface area contributed by atoms with Gasteiger partial charge in [0.05, 0.1) is 16.9 Å². The molecular formula is C20H22N4O3S3. The molecule has 3 aromatic rings. The van der Waals surface area contributed by atoms with Crippen LogP contribution >= 0.6 is 34.9 Å². The SMILES string of the molecule is CCc1c(C)sc2nc(SCC(N)=O)n(NC(=O)CSCc3ccccc3)c(=O)c12. The molecule has 0 fully saturated rings. The summed E-state index contributed by atoms with van der Waals surface area (Å²) in [4.78, 5) is 43.1. The summed E-state index contributed by atoms with van der Waals surface area (Å²) < 4.78 is 1.15. The van der Waals surface area contributed by atoms with E-state index < -0.39 is 5.91 Å². The molecular weight excluding hydrogens is 440 g/mol. The van der Waals surface area contributed by atoms with E-state index in [2.05, 4.69) is 10.4 Å². The molecule has 2 amide bonds. The number of nitrogens with one attached hydrogen (secondary N) is 1. The molecule has 3 N–H and O–H groups in total. The molecule has 158 valence electrons. The van der Waals surface area contributed by atoms with Crippen molar-refractivity contribution in [1.82, 2.24) is 9.66 Å². The van der Waals surface area contributed by atoms with Crippen LogP contribution in [-0.2, 0) is 21.8 Å². The number of thiophene rings is 1. The Morgan fingerprint density at radius 3 is 2.63 bits per heavy atom. The Morgan fingerprint density at radius 2 is 1.97 bits per heavy atom. The molecule has 1 aromatic carbocycles. The summed E-state index contributed by atoms with van der Waals surface area (Å²) in [6, 6.07) is 9.84. The van der Waals surface area contributed by atoms with Crippen molar-refractivity contribution in [3.63, 3.8) is 0 Å². The molecule has 0 aliphatic carbocycles. The van der Waals surface area contributed by atoms with Gasteiger partial charge in [0, 0.05) is 10.6 Å². The molecule has 0 aliphatic rings. The molecule has 0 saturated carbocycles. The third-order valence-corrected chi connectivity index (χ3v) is 7.28. The Kier molecular flexibility index (Phi) is 7.57. The lowest BCUT2D eigenvalue weighted by Crippen LogP contribution is -2.36. The van der Waals surface area contributed by atoms with Gasteiger partial charge in [-0.05, 0) is 24.5 Å². The van der Waals surface area contributed by atoms with Crippen LogP contribution in [0.2, 0.25) is 0 Å². The van der Waals surface area contributed by atoms with Gasteiger partial charge < -0.3 is 5.73 Å². The summed E-state index contributed by atoms with van der Waals surface area (Å²) in [5, 5.41) is 0.761. The highest BCUT2D eigenvalue weighted by Gasteiger charge is 2.19. The van der Waals surface area contributed by atoms with E-state index in [-0.39, 0.29) is 28.1 Å². The average Bonchev–Trinajstić information content (AvgIpc) is 3.04. The Bertz CT molecular complexity index is 1130. The van der Waals surface area contributed by atoms with Gasteiger partial charge in [-0.3, -0.25) is 19.8 Å². The zero-order valence-corrected chi connectivity index (χ0v) is 19.1. The van der Waals surface area contributed by atoms with Crippen LogP contribution < -0.4 is 16.7 Å². The number of carbonyl (C=O) groups is 2. The van der Waals surface area contributed by atoms with Crippen molar-refractivity contribution in [3.05, 3.63) is 56.7 Å². The van der Waals surface area contributed by atoms with Crippen molar-refractivity contribution < 1.29 is 9.59 Å².